The first-order chi connectivity index (χ1) is 12.7. The van der Waals surface area contributed by atoms with Crippen molar-refractivity contribution in [1.29, 1.82) is 0 Å². The van der Waals surface area contributed by atoms with E-state index in [1.807, 2.05) is 4.90 Å². The minimum absolute atomic E-state index is 0.111. The summed E-state index contributed by atoms with van der Waals surface area (Å²) in [5.74, 6) is 0. The molecule has 0 amide bonds. The molecule has 9 heteroatoms. The average Bonchev–Trinajstić information content (AvgIpc) is 3.09. The summed E-state index contributed by atoms with van der Waals surface area (Å²) in [6.07, 6.45) is -2.88. The lowest BCUT2D eigenvalue weighted by atomic mass is 10.1. The normalized spacial score (nSPS) is 19.8. The highest BCUT2D eigenvalue weighted by molar-refractivity contribution is 14.1. The molecule has 0 saturated carbocycles. The fourth-order valence-corrected chi connectivity index (χ4v) is 5.61. The van der Waals surface area contributed by atoms with Crippen molar-refractivity contribution in [2.24, 2.45) is 0 Å². The third-order valence-corrected chi connectivity index (χ3v) is 7.55. The first-order valence-electron chi connectivity index (χ1n) is 8.44. The van der Waals surface area contributed by atoms with Crippen LogP contribution in [-0.2, 0) is 16.2 Å². The van der Waals surface area contributed by atoms with Crippen LogP contribution >= 0.6 is 22.6 Å². The third-order valence-electron chi connectivity index (χ3n) is 5.04. The predicted molar refractivity (Wildman–Crippen MR) is 106 cm³/mol. The van der Waals surface area contributed by atoms with Crippen LogP contribution in [0.25, 0.3) is 0 Å². The molecule has 0 N–H and O–H groups in total. The van der Waals surface area contributed by atoms with Gasteiger partial charge in [0, 0.05) is 16.2 Å². The van der Waals surface area contributed by atoms with Crippen LogP contribution in [0.1, 0.15) is 18.4 Å². The molecule has 4 rings (SSSR count). The van der Waals surface area contributed by atoms with E-state index >= 15 is 0 Å². The summed E-state index contributed by atoms with van der Waals surface area (Å²) < 4.78 is 68.1. The number of benzene rings is 2. The lowest BCUT2D eigenvalue weighted by Crippen LogP contribution is -2.48. The molecule has 2 aromatic carbocycles. The molecule has 2 aromatic rings. The summed E-state index contributed by atoms with van der Waals surface area (Å²) in [7, 11) is -3.86. The molecule has 1 unspecified atom stereocenters. The van der Waals surface area contributed by atoms with Crippen LogP contribution in [0.15, 0.2) is 47.4 Å². The Kier molecular flexibility index (Phi) is 4.57. The van der Waals surface area contributed by atoms with Gasteiger partial charge in [0.1, 0.15) is 0 Å². The van der Waals surface area contributed by atoms with Crippen LogP contribution in [0.4, 0.5) is 24.5 Å². The van der Waals surface area contributed by atoms with Crippen molar-refractivity contribution in [3.05, 3.63) is 51.6 Å². The maximum Gasteiger partial charge on any atom is 0.416 e. The Hall–Kier alpha value is -1.49. The van der Waals surface area contributed by atoms with Crippen molar-refractivity contribution in [3.8, 4) is 0 Å². The van der Waals surface area contributed by atoms with Gasteiger partial charge in [-0.05, 0) is 77.9 Å². The molecule has 0 bridgehead atoms. The number of sulfonamides is 1. The van der Waals surface area contributed by atoms with E-state index < -0.39 is 21.8 Å². The molecule has 2 aliphatic heterocycles. The number of alkyl halides is 3. The van der Waals surface area contributed by atoms with Gasteiger partial charge in [0.15, 0.2) is 0 Å². The largest absolute Gasteiger partial charge is 0.416 e. The van der Waals surface area contributed by atoms with Crippen molar-refractivity contribution >= 4 is 44.0 Å². The van der Waals surface area contributed by atoms with Gasteiger partial charge in [0.05, 0.1) is 28.4 Å². The highest BCUT2D eigenvalue weighted by Gasteiger charge is 2.41. The van der Waals surface area contributed by atoms with Gasteiger partial charge < -0.3 is 4.90 Å². The SMILES string of the molecule is O=S(=O)(c1ccc(I)cc1)N1CC2CCCN2c2cc(C(F)(F)F)ccc21. The predicted octanol–water partition coefficient (Wildman–Crippen LogP) is 4.49. The average molecular weight is 508 g/mol. The topological polar surface area (TPSA) is 40.6 Å². The molecule has 0 radical (unpaired) electrons. The highest BCUT2D eigenvalue weighted by Crippen LogP contribution is 2.44. The van der Waals surface area contributed by atoms with E-state index in [1.54, 1.807) is 12.1 Å². The lowest BCUT2D eigenvalue weighted by Gasteiger charge is -2.40. The number of halogens is 4. The zero-order valence-electron chi connectivity index (χ0n) is 14.1. The summed E-state index contributed by atoms with van der Waals surface area (Å²) in [5.41, 5.74) is -0.118. The Morgan fingerprint density at radius 1 is 1.04 bits per heavy atom. The molecular weight excluding hydrogens is 492 g/mol. The van der Waals surface area contributed by atoms with Gasteiger partial charge in [-0.3, -0.25) is 4.31 Å². The fraction of sp³-hybridized carbons (Fsp3) is 0.333. The van der Waals surface area contributed by atoms with E-state index in [0.717, 1.165) is 28.5 Å². The van der Waals surface area contributed by atoms with E-state index in [9.17, 15) is 21.6 Å². The molecule has 0 aliphatic carbocycles. The summed E-state index contributed by atoms with van der Waals surface area (Å²) in [6, 6.07) is 9.65. The van der Waals surface area contributed by atoms with Gasteiger partial charge in [-0.25, -0.2) is 8.42 Å². The van der Waals surface area contributed by atoms with Crippen LogP contribution in [-0.4, -0.2) is 27.5 Å². The Bertz CT molecular complexity index is 977. The summed E-state index contributed by atoms with van der Waals surface area (Å²) in [6.45, 7) is 0.878. The first kappa shape index (κ1) is 18.9. The molecule has 0 aromatic heterocycles. The van der Waals surface area contributed by atoms with Crippen molar-refractivity contribution in [3.63, 3.8) is 0 Å². The van der Waals surface area contributed by atoms with Gasteiger partial charge in [-0.1, -0.05) is 0 Å². The van der Waals surface area contributed by atoms with E-state index in [2.05, 4.69) is 22.6 Å². The summed E-state index contributed by atoms with van der Waals surface area (Å²) >= 11 is 2.09. The highest BCUT2D eigenvalue weighted by atomic mass is 127. The van der Waals surface area contributed by atoms with Gasteiger partial charge >= 0.3 is 6.18 Å². The Labute approximate surface area is 169 Å². The van der Waals surface area contributed by atoms with Gasteiger partial charge in [0.2, 0.25) is 0 Å². The maximum absolute atomic E-state index is 13.2. The quantitative estimate of drug-likeness (QED) is 0.562. The van der Waals surface area contributed by atoms with Crippen LogP contribution in [0.3, 0.4) is 0 Å². The van der Waals surface area contributed by atoms with Crippen molar-refractivity contribution in [1.82, 2.24) is 0 Å². The van der Waals surface area contributed by atoms with E-state index in [1.165, 1.54) is 22.5 Å². The van der Waals surface area contributed by atoms with Crippen molar-refractivity contribution in [2.75, 3.05) is 22.3 Å². The molecule has 2 aliphatic rings. The minimum atomic E-state index is -4.47. The molecule has 2 heterocycles. The van der Waals surface area contributed by atoms with Crippen LogP contribution in [0, 0.1) is 3.57 Å². The molecular formula is C18H16F3IN2O2S. The first-order valence-corrected chi connectivity index (χ1v) is 11.0. The summed E-state index contributed by atoms with van der Waals surface area (Å²) in [4.78, 5) is 2.05. The standard InChI is InChI=1S/C18H16F3IN2O2S/c19-18(20,21)12-3-8-16-17(10-12)23-9-1-2-14(23)11-24(16)27(25,26)15-6-4-13(22)5-7-15/h3-8,10,14H,1-2,9,11H2. The second-order valence-electron chi connectivity index (χ2n) is 6.68. The lowest BCUT2D eigenvalue weighted by molar-refractivity contribution is -0.137. The van der Waals surface area contributed by atoms with Crippen LogP contribution < -0.4 is 9.21 Å². The molecule has 1 fully saturated rings. The molecule has 1 saturated heterocycles. The number of fused-ring (bicyclic) bond motifs is 3. The Balaban J connectivity index is 1.84. The molecule has 4 nitrogen and oxygen atoms in total. The third kappa shape index (κ3) is 3.28. The molecule has 27 heavy (non-hydrogen) atoms. The summed E-state index contributed by atoms with van der Waals surface area (Å²) in [5, 5.41) is 0. The Morgan fingerprint density at radius 2 is 1.74 bits per heavy atom. The monoisotopic (exact) mass is 508 g/mol. The van der Waals surface area contributed by atoms with E-state index in [4.69, 9.17) is 0 Å². The van der Waals surface area contributed by atoms with Crippen LogP contribution in [0.5, 0.6) is 0 Å². The maximum atomic E-state index is 13.2. The second-order valence-corrected chi connectivity index (χ2v) is 9.79. The number of rotatable bonds is 2. The minimum Gasteiger partial charge on any atom is -0.365 e. The van der Waals surface area contributed by atoms with Gasteiger partial charge in [-0.2, -0.15) is 13.2 Å². The zero-order valence-corrected chi connectivity index (χ0v) is 17.1. The second kappa shape index (κ2) is 6.54. The molecule has 0 spiro atoms. The number of hydrogen-bond donors (Lipinski definition) is 0. The zero-order chi connectivity index (χ0) is 19.4. The number of anilines is 2. The molecule has 144 valence electrons. The van der Waals surface area contributed by atoms with Crippen LogP contribution in [0.2, 0.25) is 0 Å². The number of hydrogen-bond acceptors (Lipinski definition) is 3. The smallest absolute Gasteiger partial charge is 0.365 e. The Morgan fingerprint density at radius 3 is 2.41 bits per heavy atom. The fourth-order valence-electron chi connectivity index (χ4n) is 3.73. The van der Waals surface area contributed by atoms with Gasteiger partial charge in [0.25, 0.3) is 10.0 Å². The van der Waals surface area contributed by atoms with E-state index in [0.29, 0.717) is 17.9 Å². The van der Waals surface area contributed by atoms with E-state index in [-0.39, 0.29) is 17.5 Å². The van der Waals surface area contributed by atoms with Crippen molar-refractivity contribution in [2.45, 2.75) is 30.0 Å². The van der Waals surface area contributed by atoms with Crippen molar-refractivity contribution < 1.29 is 21.6 Å². The number of nitrogens with zero attached hydrogens (tertiary/aromatic N) is 2. The molecule has 1 atom stereocenters. The van der Waals surface area contributed by atoms with Gasteiger partial charge in [-0.15, -0.1) is 0 Å².